The van der Waals surface area contributed by atoms with Crippen LogP contribution in [0.15, 0.2) is 36.5 Å². The van der Waals surface area contributed by atoms with Crippen molar-refractivity contribution in [3.8, 4) is 0 Å². The maximum absolute atomic E-state index is 12.6. The van der Waals surface area contributed by atoms with Crippen LogP contribution < -0.4 is 4.89 Å². The molecule has 0 aliphatic rings. The number of esters is 2. The summed E-state index contributed by atoms with van der Waals surface area (Å²) in [6.45, 7) is 4.08. The van der Waals surface area contributed by atoms with E-state index >= 15 is 0 Å². The van der Waals surface area contributed by atoms with Crippen molar-refractivity contribution < 1.29 is 42.1 Å². The Morgan fingerprint density at radius 3 is 1.59 bits per heavy atom. The molecule has 0 saturated carbocycles. The van der Waals surface area contributed by atoms with E-state index in [1.807, 2.05) is 33.3 Å². The predicted octanol–water partition coefficient (Wildman–Crippen LogP) is 11.5. The standard InChI is InChI=1S/C44H82NO8P/c1-6-8-10-12-14-16-18-20-22-24-26-28-30-32-34-36-43(46)50-40-42(41-52-54(48,49)51-39-38-45(3,4)5)53-44(47)37-35-33-31-29-27-25-23-21-19-17-15-13-11-9-7-2/h17,19,30,32,34,36,42H,6-16,18,20-29,31,33,35,37-41H2,1-5H3/b19-17+,32-30+,36-34+/t42-/m1/s1. The number of nitrogens with zero attached hydrogens (tertiary/aromatic N) is 1. The maximum atomic E-state index is 12.6. The Balaban J connectivity index is 4.47. The van der Waals surface area contributed by atoms with Gasteiger partial charge in [-0.05, 0) is 44.9 Å². The fraction of sp³-hybridized carbons (Fsp3) is 0.818. The van der Waals surface area contributed by atoms with E-state index in [2.05, 4.69) is 26.0 Å². The first-order valence-electron chi connectivity index (χ1n) is 21.7. The van der Waals surface area contributed by atoms with Crippen molar-refractivity contribution in [2.24, 2.45) is 0 Å². The van der Waals surface area contributed by atoms with Gasteiger partial charge in [0.25, 0.3) is 7.82 Å². The summed E-state index contributed by atoms with van der Waals surface area (Å²) in [5.41, 5.74) is 0. The van der Waals surface area contributed by atoms with Crippen LogP contribution in [0.2, 0.25) is 0 Å². The molecule has 316 valence electrons. The third-order valence-corrected chi connectivity index (χ3v) is 10.2. The molecule has 0 saturated heterocycles. The smallest absolute Gasteiger partial charge is 0.330 e. The van der Waals surface area contributed by atoms with Crippen molar-refractivity contribution >= 4 is 19.8 Å². The van der Waals surface area contributed by atoms with Gasteiger partial charge in [-0.1, -0.05) is 160 Å². The Hall–Kier alpha value is -1.77. The third-order valence-electron chi connectivity index (χ3n) is 9.24. The molecule has 0 amide bonds. The molecule has 10 heteroatoms. The Morgan fingerprint density at radius 1 is 0.611 bits per heavy atom. The minimum atomic E-state index is -4.64. The molecule has 0 aromatic rings. The third kappa shape index (κ3) is 39.9. The molecule has 2 atom stereocenters. The largest absolute Gasteiger partial charge is 0.756 e. The molecule has 9 nitrogen and oxygen atoms in total. The van der Waals surface area contributed by atoms with Crippen LogP contribution in [0, 0.1) is 0 Å². The maximum Gasteiger partial charge on any atom is 0.330 e. The number of likely N-dealkylation sites (N-methyl/N-ethyl adjacent to an activating group) is 1. The zero-order valence-corrected chi connectivity index (χ0v) is 36.3. The Kier molecular flexibility index (Phi) is 35.6. The molecule has 0 fully saturated rings. The predicted molar refractivity (Wildman–Crippen MR) is 222 cm³/mol. The molecule has 0 spiro atoms. The van der Waals surface area contributed by atoms with E-state index in [1.54, 1.807) is 6.08 Å². The lowest BCUT2D eigenvalue weighted by Gasteiger charge is -2.28. The summed E-state index contributed by atoms with van der Waals surface area (Å²) in [5.74, 6) is -1.09. The van der Waals surface area contributed by atoms with Crippen molar-refractivity contribution in [1.29, 1.82) is 0 Å². The van der Waals surface area contributed by atoms with Crippen LogP contribution in [0.25, 0.3) is 0 Å². The average Bonchev–Trinajstić information content (AvgIpc) is 3.12. The molecule has 0 rings (SSSR count). The molecule has 0 N–H and O–H groups in total. The number of carbonyl (C=O) groups excluding carboxylic acids is 2. The number of unbranched alkanes of at least 4 members (excludes halogenated alkanes) is 22. The van der Waals surface area contributed by atoms with E-state index in [0.717, 1.165) is 38.5 Å². The molecule has 0 aromatic carbocycles. The number of quaternary nitrogens is 1. The molecule has 0 aliphatic heterocycles. The fourth-order valence-electron chi connectivity index (χ4n) is 5.80. The van der Waals surface area contributed by atoms with Gasteiger partial charge < -0.3 is 27.9 Å². The van der Waals surface area contributed by atoms with Crippen molar-refractivity contribution in [2.45, 2.75) is 187 Å². The van der Waals surface area contributed by atoms with Crippen LogP contribution in [-0.4, -0.2) is 70.0 Å². The van der Waals surface area contributed by atoms with Crippen molar-refractivity contribution in [1.82, 2.24) is 0 Å². The Morgan fingerprint density at radius 2 is 1.07 bits per heavy atom. The molecular formula is C44H82NO8P. The minimum Gasteiger partial charge on any atom is -0.756 e. The van der Waals surface area contributed by atoms with Gasteiger partial charge in [0.1, 0.15) is 19.8 Å². The van der Waals surface area contributed by atoms with Crippen molar-refractivity contribution in [3.05, 3.63) is 36.5 Å². The van der Waals surface area contributed by atoms with Gasteiger partial charge in [-0.3, -0.25) is 9.36 Å². The van der Waals surface area contributed by atoms with E-state index in [0.29, 0.717) is 17.4 Å². The first kappa shape index (κ1) is 52.2. The number of rotatable bonds is 39. The molecule has 0 aliphatic carbocycles. The minimum absolute atomic E-state index is 0.0441. The molecule has 54 heavy (non-hydrogen) atoms. The number of allylic oxidation sites excluding steroid dienone is 5. The number of phosphoric ester groups is 1. The SMILES string of the molecule is CCCCCC/C=C/CCCCCCCCCC(=O)O[C@H](COC(=O)/C=C/C=C/CCCCCCCCCCCCC)COP(=O)([O-])OCC[N+](C)(C)C. The highest BCUT2D eigenvalue weighted by molar-refractivity contribution is 7.45. The highest BCUT2D eigenvalue weighted by Gasteiger charge is 2.21. The topological polar surface area (TPSA) is 111 Å². The van der Waals surface area contributed by atoms with Gasteiger partial charge >= 0.3 is 11.9 Å². The summed E-state index contributed by atoms with van der Waals surface area (Å²) in [5, 5.41) is 0. The van der Waals surface area contributed by atoms with Crippen LogP contribution in [0.4, 0.5) is 0 Å². The van der Waals surface area contributed by atoms with E-state index in [-0.39, 0.29) is 19.6 Å². The van der Waals surface area contributed by atoms with E-state index in [9.17, 15) is 19.0 Å². The Bertz CT molecular complexity index is 1020. The number of carbonyl (C=O) groups is 2. The molecule has 0 aromatic heterocycles. The van der Waals surface area contributed by atoms with Crippen LogP contribution in [0.1, 0.15) is 181 Å². The molecule has 1 unspecified atom stereocenters. The van der Waals surface area contributed by atoms with Crippen LogP contribution in [0.5, 0.6) is 0 Å². The second-order valence-electron chi connectivity index (χ2n) is 15.8. The number of phosphoric acid groups is 1. The highest BCUT2D eigenvalue weighted by atomic mass is 31.2. The second kappa shape index (κ2) is 36.8. The molecule has 0 heterocycles. The zero-order valence-electron chi connectivity index (χ0n) is 35.4. The van der Waals surface area contributed by atoms with Gasteiger partial charge in [0.2, 0.25) is 0 Å². The quantitative estimate of drug-likeness (QED) is 0.0115. The summed E-state index contributed by atoms with van der Waals surface area (Å²) in [6, 6.07) is 0. The average molecular weight is 784 g/mol. The number of hydrogen-bond acceptors (Lipinski definition) is 8. The Labute approximate surface area is 331 Å². The molecule has 0 bridgehead atoms. The lowest BCUT2D eigenvalue weighted by atomic mass is 10.1. The summed E-state index contributed by atoms with van der Waals surface area (Å²) < 4.78 is 33.7. The van der Waals surface area contributed by atoms with Gasteiger partial charge in [-0.2, -0.15) is 0 Å². The van der Waals surface area contributed by atoms with Gasteiger partial charge in [0.05, 0.1) is 27.7 Å². The monoisotopic (exact) mass is 784 g/mol. The van der Waals surface area contributed by atoms with Gasteiger partial charge in [0, 0.05) is 12.5 Å². The van der Waals surface area contributed by atoms with Crippen molar-refractivity contribution in [3.63, 3.8) is 0 Å². The first-order chi connectivity index (χ1) is 26.0. The van der Waals surface area contributed by atoms with Gasteiger partial charge in [0.15, 0.2) is 6.10 Å². The van der Waals surface area contributed by atoms with Crippen molar-refractivity contribution in [2.75, 3.05) is 47.5 Å². The fourth-order valence-corrected chi connectivity index (χ4v) is 6.53. The summed E-state index contributed by atoms with van der Waals surface area (Å²) in [7, 11) is 1.12. The summed E-state index contributed by atoms with van der Waals surface area (Å²) in [6.07, 6.45) is 40.8. The molecule has 0 radical (unpaired) electrons. The van der Waals surface area contributed by atoms with Gasteiger partial charge in [-0.15, -0.1) is 0 Å². The van der Waals surface area contributed by atoms with Crippen LogP contribution >= 0.6 is 7.82 Å². The van der Waals surface area contributed by atoms with Gasteiger partial charge in [-0.25, -0.2) is 4.79 Å². The normalized spacial score (nSPS) is 14.0. The summed E-state index contributed by atoms with van der Waals surface area (Å²) in [4.78, 5) is 37.3. The van der Waals surface area contributed by atoms with Crippen LogP contribution in [0.3, 0.4) is 0 Å². The first-order valence-corrected chi connectivity index (χ1v) is 23.2. The molecular weight excluding hydrogens is 701 g/mol. The lowest BCUT2D eigenvalue weighted by Crippen LogP contribution is -2.37. The van der Waals surface area contributed by atoms with E-state index in [1.165, 1.54) is 122 Å². The number of hydrogen-bond donors (Lipinski definition) is 0. The van der Waals surface area contributed by atoms with E-state index in [4.69, 9.17) is 18.5 Å². The van der Waals surface area contributed by atoms with E-state index < -0.39 is 32.5 Å². The zero-order chi connectivity index (χ0) is 40.0. The second-order valence-corrected chi connectivity index (χ2v) is 17.2. The van der Waals surface area contributed by atoms with Crippen LogP contribution in [-0.2, 0) is 32.7 Å². The summed E-state index contributed by atoms with van der Waals surface area (Å²) >= 11 is 0. The highest BCUT2D eigenvalue weighted by Crippen LogP contribution is 2.38. The lowest BCUT2D eigenvalue weighted by molar-refractivity contribution is -0.870. The number of ether oxygens (including phenoxy) is 2.